The molecule has 0 spiro atoms. The molecule has 0 saturated heterocycles. The van der Waals surface area contributed by atoms with Crippen molar-refractivity contribution >= 4 is 15.9 Å². The second-order valence-corrected chi connectivity index (χ2v) is 4.17. The number of ether oxygens (including phenoxy) is 1. The van der Waals surface area contributed by atoms with Gasteiger partial charge in [0, 0.05) is 18.2 Å². The number of methoxy groups -OCH3 is 1. The van der Waals surface area contributed by atoms with Gasteiger partial charge >= 0.3 is 0 Å². The second-order valence-electron chi connectivity index (χ2n) is 3.32. The average molecular weight is 277 g/mol. The topological polar surface area (TPSA) is 29.5 Å². The van der Waals surface area contributed by atoms with Crippen LogP contribution in [0, 0.1) is 5.82 Å². The number of aliphatic hydroxyl groups is 1. The van der Waals surface area contributed by atoms with E-state index < -0.39 is 6.10 Å². The zero-order valence-corrected chi connectivity index (χ0v) is 10.1. The standard InChI is InChI=1S/C11H14BrFO2/c1-15-6-2-3-11(14)9-5-4-8(13)7-10(9)12/h4-5,7,11,14H,2-3,6H2,1H3. The molecule has 2 nitrogen and oxygen atoms in total. The van der Waals surface area contributed by atoms with E-state index in [0.29, 0.717) is 23.1 Å². The number of hydrogen-bond donors (Lipinski definition) is 1. The van der Waals surface area contributed by atoms with Gasteiger partial charge in [-0.3, -0.25) is 0 Å². The highest BCUT2D eigenvalue weighted by Gasteiger charge is 2.11. The highest BCUT2D eigenvalue weighted by Crippen LogP contribution is 2.27. The summed E-state index contributed by atoms with van der Waals surface area (Å²) in [5, 5.41) is 9.81. The molecular formula is C11H14BrFO2. The van der Waals surface area contributed by atoms with Gasteiger partial charge in [-0.2, -0.15) is 0 Å². The molecule has 0 bridgehead atoms. The first-order valence-electron chi connectivity index (χ1n) is 4.77. The normalized spacial score (nSPS) is 12.8. The van der Waals surface area contributed by atoms with Gasteiger partial charge in [-0.05, 0) is 30.5 Å². The quantitative estimate of drug-likeness (QED) is 0.838. The Balaban J connectivity index is 2.61. The summed E-state index contributed by atoms with van der Waals surface area (Å²) < 4.78 is 18.3. The van der Waals surface area contributed by atoms with Crippen LogP contribution < -0.4 is 0 Å². The molecule has 1 unspecified atom stereocenters. The summed E-state index contributed by atoms with van der Waals surface area (Å²) in [5.41, 5.74) is 0.715. The van der Waals surface area contributed by atoms with Gasteiger partial charge in [0.1, 0.15) is 5.82 Å². The van der Waals surface area contributed by atoms with Crippen molar-refractivity contribution in [3.8, 4) is 0 Å². The first kappa shape index (κ1) is 12.6. The minimum Gasteiger partial charge on any atom is -0.388 e. The smallest absolute Gasteiger partial charge is 0.124 e. The number of aliphatic hydroxyl groups excluding tert-OH is 1. The number of benzene rings is 1. The van der Waals surface area contributed by atoms with Crippen molar-refractivity contribution in [1.82, 2.24) is 0 Å². The molecule has 0 heterocycles. The molecule has 1 aromatic carbocycles. The molecule has 15 heavy (non-hydrogen) atoms. The molecule has 84 valence electrons. The Kier molecular flexibility index (Phi) is 5.22. The summed E-state index contributed by atoms with van der Waals surface area (Å²) >= 11 is 3.23. The fourth-order valence-corrected chi connectivity index (χ4v) is 1.96. The largest absolute Gasteiger partial charge is 0.388 e. The molecule has 0 aromatic heterocycles. The molecule has 0 amide bonds. The van der Waals surface area contributed by atoms with E-state index in [4.69, 9.17) is 4.74 Å². The Bertz CT molecular complexity index is 317. The van der Waals surface area contributed by atoms with E-state index in [2.05, 4.69) is 15.9 Å². The molecule has 4 heteroatoms. The molecule has 0 aliphatic rings. The molecule has 0 aliphatic carbocycles. The van der Waals surface area contributed by atoms with Gasteiger partial charge in [-0.25, -0.2) is 4.39 Å². The van der Waals surface area contributed by atoms with Gasteiger partial charge in [0.2, 0.25) is 0 Å². The highest BCUT2D eigenvalue weighted by atomic mass is 79.9. The number of rotatable bonds is 5. The molecule has 1 N–H and O–H groups in total. The van der Waals surface area contributed by atoms with Crippen LogP contribution in [-0.2, 0) is 4.74 Å². The van der Waals surface area contributed by atoms with Crippen LogP contribution in [-0.4, -0.2) is 18.8 Å². The Morgan fingerprint density at radius 1 is 1.53 bits per heavy atom. The predicted molar refractivity (Wildman–Crippen MR) is 60.2 cm³/mol. The first-order valence-corrected chi connectivity index (χ1v) is 5.56. The van der Waals surface area contributed by atoms with E-state index >= 15 is 0 Å². The van der Waals surface area contributed by atoms with Gasteiger partial charge in [-0.15, -0.1) is 0 Å². The van der Waals surface area contributed by atoms with E-state index in [0.717, 1.165) is 6.42 Å². The molecule has 0 saturated carbocycles. The Morgan fingerprint density at radius 3 is 2.87 bits per heavy atom. The predicted octanol–water partition coefficient (Wildman–Crippen LogP) is 3.05. The van der Waals surface area contributed by atoms with Gasteiger partial charge in [0.15, 0.2) is 0 Å². The first-order chi connectivity index (χ1) is 7.15. The van der Waals surface area contributed by atoms with Crippen LogP contribution in [0.1, 0.15) is 24.5 Å². The van der Waals surface area contributed by atoms with Crippen molar-refractivity contribution in [3.05, 3.63) is 34.1 Å². The highest BCUT2D eigenvalue weighted by molar-refractivity contribution is 9.10. The fraction of sp³-hybridized carbons (Fsp3) is 0.455. The van der Waals surface area contributed by atoms with Crippen molar-refractivity contribution in [3.63, 3.8) is 0 Å². The van der Waals surface area contributed by atoms with Crippen molar-refractivity contribution in [2.75, 3.05) is 13.7 Å². The lowest BCUT2D eigenvalue weighted by atomic mass is 10.1. The van der Waals surface area contributed by atoms with Gasteiger partial charge in [0.05, 0.1) is 6.10 Å². The molecular weight excluding hydrogens is 263 g/mol. The molecule has 1 rings (SSSR count). The van der Waals surface area contributed by atoms with E-state index in [1.807, 2.05) is 0 Å². The van der Waals surface area contributed by atoms with E-state index in [-0.39, 0.29) is 5.82 Å². The summed E-state index contributed by atoms with van der Waals surface area (Å²) in [5.74, 6) is -0.310. The summed E-state index contributed by atoms with van der Waals surface area (Å²) in [6, 6.07) is 4.30. The molecule has 0 radical (unpaired) electrons. The SMILES string of the molecule is COCCCC(O)c1ccc(F)cc1Br. The summed E-state index contributed by atoms with van der Waals surface area (Å²) in [6.07, 6.45) is 0.814. The van der Waals surface area contributed by atoms with Gasteiger partial charge in [-0.1, -0.05) is 22.0 Å². The zero-order chi connectivity index (χ0) is 11.3. The molecule has 0 fully saturated rings. The van der Waals surface area contributed by atoms with Gasteiger partial charge in [0.25, 0.3) is 0 Å². The van der Waals surface area contributed by atoms with Crippen molar-refractivity contribution in [2.45, 2.75) is 18.9 Å². The minimum atomic E-state index is -0.574. The van der Waals surface area contributed by atoms with Crippen molar-refractivity contribution in [2.24, 2.45) is 0 Å². The third kappa shape index (κ3) is 3.89. The lowest BCUT2D eigenvalue weighted by Gasteiger charge is -2.12. The average Bonchev–Trinajstić information content (AvgIpc) is 2.17. The number of hydrogen-bond acceptors (Lipinski definition) is 2. The zero-order valence-electron chi connectivity index (χ0n) is 8.54. The summed E-state index contributed by atoms with van der Waals surface area (Å²) in [4.78, 5) is 0. The lowest BCUT2D eigenvalue weighted by Crippen LogP contribution is -2.01. The number of halogens is 2. The third-order valence-corrected chi connectivity index (χ3v) is 2.83. The van der Waals surface area contributed by atoms with Crippen LogP contribution in [0.3, 0.4) is 0 Å². The van der Waals surface area contributed by atoms with Crippen LogP contribution >= 0.6 is 15.9 Å². The van der Waals surface area contributed by atoms with Crippen LogP contribution in [0.15, 0.2) is 22.7 Å². The van der Waals surface area contributed by atoms with E-state index in [1.165, 1.54) is 12.1 Å². The lowest BCUT2D eigenvalue weighted by molar-refractivity contribution is 0.135. The molecule has 1 atom stereocenters. The van der Waals surface area contributed by atoms with E-state index in [9.17, 15) is 9.50 Å². The molecule has 0 aliphatic heterocycles. The van der Waals surface area contributed by atoms with Crippen LogP contribution in [0.4, 0.5) is 4.39 Å². The maximum absolute atomic E-state index is 12.8. The fourth-order valence-electron chi connectivity index (χ4n) is 1.35. The molecule has 1 aromatic rings. The van der Waals surface area contributed by atoms with Crippen molar-refractivity contribution in [1.29, 1.82) is 0 Å². The summed E-state index contributed by atoms with van der Waals surface area (Å²) in [7, 11) is 1.63. The second kappa shape index (κ2) is 6.20. The van der Waals surface area contributed by atoms with Crippen LogP contribution in [0.2, 0.25) is 0 Å². The van der Waals surface area contributed by atoms with Gasteiger partial charge < -0.3 is 9.84 Å². The van der Waals surface area contributed by atoms with Crippen LogP contribution in [0.25, 0.3) is 0 Å². The van der Waals surface area contributed by atoms with Crippen LogP contribution in [0.5, 0.6) is 0 Å². The Morgan fingerprint density at radius 2 is 2.27 bits per heavy atom. The Hall–Kier alpha value is -0.450. The van der Waals surface area contributed by atoms with Crippen molar-refractivity contribution < 1.29 is 14.2 Å². The maximum Gasteiger partial charge on any atom is 0.124 e. The minimum absolute atomic E-state index is 0.310. The Labute approximate surface area is 97.2 Å². The monoisotopic (exact) mass is 276 g/mol. The third-order valence-electron chi connectivity index (χ3n) is 2.15. The van der Waals surface area contributed by atoms with E-state index in [1.54, 1.807) is 13.2 Å². The maximum atomic E-state index is 12.8. The summed E-state index contributed by atoms with van der Waals surface area (Å²) in [6.45, 7) is 0.621.